The third-order valence-electron chi connectivity index (χ3n) is 1.96. The average Bonchev–Trinajstić information content (AvgIpc) is 2.28. The highest BCUT2D eigenvalue weighted by Crippen LogP contribution is 2.22. The van der Waals surface area contributed by atoms with Gasteiger partial charge in [0.15, 0.2) is 0 Å². The molecule has 0 fully saturated rings. The molecule has 8 heteroatoms. The summed E-state index contributed by atoms with van der Waals surface area (Å²) >= 11 is 0. The van der Waals surface area contributed by atoms with E-state index < -0.39 is 23.2 Å². The van der Waals surface area contributed by atoms with Crippen LogP contribution in [0.2, 0.25) is 0 Å². The van der Waals surface area contributed by atoms with Crippen molar-refractivity contribution in [3.05, 3.63) is 33.9 Å². The monoisotopic (exact) mass is 249 g/mol. The van der Waals surface area contributed by atoms with Crippen molar-refractivity contribution >= 4 is 23.3 Å². The Labute approximate surface area is 101 Å². The standard InChI is InChI=1S/C10H7N3O5/c11-4-3-9(14)12-8-5-6(13(17)18)1-2-7(8)10(15)16/h1-2,5H,3H2,(H,12,14)(H,15,16). The van der Waals surface area contributed by atoms with Crippen molar-refractivity contribution < 1.29 is 19.6 Å². The highest BCUT2D eigenvalue weighted by atomic mass is 16.6. The van der Waals surface area contributed by atoms with Crippen molar-refractivity contribution in [1.29, 1.82) is 5.26 Å². The number of hydrogen-bond acceptors (Lipinski definition) is 5. The quantitative estimate of drug-likeness (QED) is 0.607. The molecule has 2 N–H and O–H groups in total. The summed E-state index contributed by atoms with van der Waals surface area (Å²) < 4.78 is 0. The van der Waals surface area contributed by atoms with Crippen molar-refractivity contribution in [2.45, 2.75) is 6.42 Å². The predicted molar refractivity (Wildman–Crippen MR) is 58.9 cm³/mol. The van der Waals surface area contributed by atoms with Gasteiger partial charge in [-0.05, 0) is 6.07 Å². The molecule has 0 unspecified atom stereocenters. The van der Waals surface area contributed by atoms with Gasteiger partial charge in [0.25, 0.3) is 5.69 Å². The molecule has 1 rings (SSSR count). The van der Waals surface area contributed by atoms with Crippen molar-refractivity contribution in [3.8, 4) is 6.07 Å². The van der Waals surface area contributed by atoms with Gasteiger partial charge >= 0.3 is 5.97 Å². The number of carboxylic acid groups (broad SMARTS) is 1. The molecule has 0 aromatic heterocycles. The molecule has 1 aromatic carbocycles. The zero-order chi connectivity index (χ0) is 13.7. The number of hydrogen-bond donors (Lipinski definition) is 2. The number of carbonyl (C=O) groups is 2. The van der Waals surface area contributed by atoms with Crippen LogP contribution in [0.25, 0.3) is 0 Å². The van der Waals surface area contributed by atoms with Crippen LogP contribution in [0.4, 0.5) is 11.4 Å². The Morgan fingerprint density at radius 1 is 1.50 bits per heavy atom. The Balaban J connectivity index is 3.16. The SMILES string of the molecule is N#CCC(=O)Nc1cc([N+](=O)[O-])ccc1C(=O)O. The Kier molecular flexibility index (Phi) is 3.93. The van der Waals surface area contributed by atoms with E-state index in [-0.39, 0.29) is 16.9 Å². The summed E-state index contributed by atoms with van der Waals surface area (Å²) in [6.45, 7) is 0. The maximum Gasteiger partial charge on any atom is 0.337 e. The Hall–Kier alpha value is -2.95. The average molecular weight is 249 g/mol. The van der Waals surface area contributed by atoms with E-state index in [0.717, 1.165) is 18.2 Å². The minimum atomic E-state index is -1.34. The number of non-ortho nitro benzene ring substituents is 1. The minimum Gasteiger partial charge on any atom is -0.478 e. The highest BCUT2D eigenvalue weighted by molar-refractivity contribution is 6.01. The number of carbonyl (C=O) groups excluding carboxylic acids is 1. The Bertz CT molecular complexity index is 561. The van der Waals surface area contributed by atoms with Crippen LogP contribution < -0.4 is 5.32 Å². The molecule has 0 saturated carbocycles. The number of rotatable bonds is 4. The lowest BCUT2D eigenvalue weighted by Crippen LogP contribution is -2.14. The molecule has 0 aliphatic rings. The molecular weight excluding hydrogens is 242 g/mol. The van der Waals surface area contributed by atoms with Crippen LogP contribution in [-0.2, 0) is 4.79 Å². The van der Waals surface area contributed by atoms with Gasteiger partial charge in [0.2, 0.25) is 5.91 Å². The number of nitrogens with zero attached hydrogens (tertiary/aromatic N) is 2. The first kappa shape index (κ1) is 13.1. The number of nitro groups is 1. The van der Waals surface area contributed by atoms with Gasteiger partial charge in [0, 0.05) is 12.1 Å². The first-order valence-corrected chi connectivity index (χ1v) is 4.64. The van der Waals surface area contributed by atoms with E-state index in [9.17, 15) is 19.7 Å². The molecule has 8 nitrogen and oxygen atoms in total. The fraction of sp³-hybridized carbons (Fsp3) is 0.100. The van der Waals surface area contributed by atoms with Crippen molar-refractivity contribution in [1.82, 2.24) is 0 Å². The fourth-order valence-corrected chi connectivity index (χ4v) is 1.20. The maximum atomic E-state index is 11.2. The summed E-state index contributed by atoms with van der Waals surface area (Å²) in [6, 6.07) is 4.54. The summed E-state index contributed by atoms with van der Waals surface area (Å²) in [5.41, 5.74) is -0.851. The van der Waals surface area contributed by atoms with E-state index in [1.807, 2.05) is 0 Å². The first-order valence-electron chi connectivity index (χ1n) is 4.64. The number of benzene rings is 1. The van der Waals surface area contributed by atoms with Crippen molar-refractivity contribution in [2.24, 2.45) is 0 Å². The van der Waals surface area contributed by atoms with Crippen LogP contribution in [0.15, 0.2) is 18.2 Å². The summed E-state index contributed by atoms with van der Waals surface area (Å²) in [4.78, 5) is 31.9. The minimum absolute atomic E-state index is 0.211. The largest absolute Gasteiger partial charge is 0.478 e. The highest BCUT2D eigenvalue weighted by Gasteiger charge is 2.16. The summed E-state index contributed by atoms with van der Waals surface area (Å²) in [5.74, 6) is -2.07. The predicted octanol–water partition coefficient (Wildman–Crippen LogP) is 1.15. The van der Waals surface area contributed by atoms with Crippen molar-refractivity contribution in [3.63, 3.8) is 0 Å². The van der Waals surface area contributed by atoms with E-state index >= 15 is 0 Å². The molecule has 0 atom stereocenters. The zero-order valence-corrected chi connectivity index (χ0v) is 8.91. The van der Waals surface area contributed by atoms with Crippen LogP contribution in [0.1, 0.15) is 16.8 Å². The van der Waals surface area contributed by atoms with Gasteiger partial charge in [-0.25, -0.2) is 4.79 Å². The number of aromatic carboxylic acids is 1. The van der Waals surface area contributed by atoms with Gasteiger partial charge in [0.1, 0.15) is 6.42 Å². The van der Waals surface area contributed by atoms with Crippen LogP contribution in [-0.4, -0.2) is 21.9 Å². The lowest BCUT2D eigenvalue weighted by atomic mass is 10.1. The number of nitro benzene ring substituents is 1. The first-order chi connectivity index (χ1) is 8.45. The van der Waals surface area contributed by atoms with Gasteiger partial charge in [-0.3, -0.25) is 14.9 Å². The summed E-state index contributed by atoms with van der Waals surface area (Å²) in [7, 11) is 0. The number of carboxylic acids is 1. The van der Waals surface area contributed by atoms with Gasteiger partial charge < -0.3 is 10.4 Å². The molecule has 92 valence electrons. The van der Waals surface area contributed by atoms with Crippen molar-refractivity contribution in [2.75, 3.05) is 5.32 Å². The molecule has 0 spiro atoms. The number of nitriles is 1. The van der Waals surface area contributed by atoms with Gasteiger partial charge in [-0.2, -0.15) is 5.26 Å². The second-order valence-corrected chi connectivity index (χ2v) is 3.18. The van der Waals surface area contributed by atoms with Crippen LogP contribution in [0, 0.1) is 21.4 Å². The van der Waals surface area contributed by atoms with E-state index in [2.05, 4.69) is 5.32 Å². The normalized spacial score (nSPS) is 9.28. The van der Waals surface area contributed by atoms with Gasteiger partial charge in [-0.15, -0.1) is 0 Å². The van der Waals surface area contributed by atoms with Gasteiger partial charge in [-0.1, -0.05) is 0 Å². The molecular formula is C10H7N3O5. The lowest BCUT2D eigenvalue weighted by Gasteiger charge is -2.06. The van der Waals surface area contributed by atoms with E-state index in [1.54, 1.807) is 6.07 Å². The van der Waals surface area contributed by atoms with E-state index in [4.69, 9.17) is 10.4 Å². The number of nitrogens with one attached hydrogen (secondary N) is 1. The summed E-state index contributed by atoms with van der Waals surface area (Å²) in [5, 5.41) is 29.8. The third-order valence-corrected chi connectivity index (χ3v) is 1.96. The Morgan fingerprint density at radius 3 is 2.67 bits per heavy atom. The molecule has 0 aliphatic carbocycles. The van der Waals surface area contributed by atoms with Gasteiger partial charge in [0.05, 0.1) is 22.2 Å². The smallest absolute Gasteiger partial charge is 0.337 e. The number of amides is 1. The Morgan fingerprint density at radius 2 is 2.17 bits per heavy atom. The molecule has 0 bridgehead atoms. The molecule has 1 amide bonds. The number of anilines is 1. The fourth-order valence-electron chi connectivity index (χ4n) is 1.20. The molecule has 1 aromatic rings. The second-order valence-electron chi connectivity index (χ2n) is 3.18. The molecule has 0 saturated heterocycles. The second kappa shape index (κ2) is 5.40. The molecule has 0 aliphatic heterocycles. The van der Waals surface area contributed by atoms with Crippen LogP contribution >= 0.6 is 0 Å². The molecule has 0 radical (unpaired) electrons. The van der Waals surface area contributed by atoms with Crippen LogP contribution in [0.5, 0.6) is 0 Å². The van der Waals surface area contributed by atoms with Crippen LogP contribution in [0.3, 0.4) is 0 Å². The molecule has 0 heterocycles. The lowest BCUT2D eigenvalue weighted by molar-refractivity contribution is -0.384. The van der Waals surface area contributed by atoms with E-state index in [0.29, 0.717) is 0 Å². The topological polar surface area (TPSA) is 133 Å². The third kappa shape index (κ3) is 3.02. The summed E-state index contributed by atoms with van der Waals surface area (Å²) in [6.07, 6.45) is -0.470. The zero-order valence-electron chi connectivity index (χ0n) is 8.91. The maximum absolute atomic E-state index is 11.2. The van der Waals surface area contributed by atoms with E-state index in [1.165, 1.54) is 0 Å². The molecule has 18 heavy (non-hydrogen) atoms.